The van der Waals surface area contributed by atoms with Crippen molar-refractivity contribution < 1.29 is 24.0 Å². The summed E-state index contributed by atoms with van der Waals surface area (Å²) in [5.74, 6) is 0.379. The second-order valence-corrected chi connectivity index (χ2v) is 9.69. The van der Waals surface area contributed by atoms with Crippen LogP contribution in [0.1, 0.15) is 36.9 Å². The smallest absolute Gasteiger partial charge is 0.317 e. The number of methoxy groups -OCH3 is 1. The van der Waals surface area contributed by atoms with Crippen LogP contribution in [0, 0.1) is 10.1 Å². The SMILES string of the molecule is CCCNC(=O)N(CCN1CCOCC1)CC(=O)N1N=C(c2ccc([N+](=O)[O-])cc2)C[C@H]1c1ccc(OC)cc1. The molecule has 0 unspecified atom stereocenters. The van der Waals surface area contributed by atoms with Crippen molar-refractivity contribution in [3.05, 3.63) is 69.8 Å². The Kier molecular flexibility index (Phi) is 10.0. The van der Waals surface area contributed by atoms with Crippen molar-refractivity contribution in [2.24, 2.45) is 5.10 Å². The van der Waals surface area contributed by atoms with Gasteiger partial charge < -0.3 is 19.7 Å². The molecule has 0 aromatic heterocycles. The van der Waals surface area contributed by atoms with Crippen molar-refractivity contribution >= 4 is 23.3 Å². The normalized spacial score (nSPS) is 17.3. The van der Waals surface area contributed by atoms with E-state index >= 15 is 0 Å². The van der Waals surface area contributed by atoms with E-state index in [4.69, 9.17) is 9.47 Å². The van der Waals surface area contributed by atoms with Gasteiger partial charge in [-0.25, -0.2) is 9.80 Å². The molecule has 12 nitrogen and oxygen atoms in total. The van der Waals surface area contributed by atoms with Crippen LogP contribution < -0.4 is 10.1 Å². The average Bonchev–Trinajstić information content (AvgIpc) is 3.44. The predicted molar refractivity (Wildman–Crippen MR) is 149 cm³/mol. The fourth-order valence-corrected chi connectivity index (χ4v) is 4.69. The van der Waals surface area contributed by atoms with Gasteiger partial charge in [0.1, 0.15) is 12.3 Å². The van der Waals surface area contributed by atoms with Crippen LogP contribution in [-0.2, 0) is 9.53 Å². The summed E-state index contributed by atoms with van der Waals surface area (Å²) < 4.78 is 10.7. The first-order valence-corrected chi connectivity index (χ1v) is 13.5. The zero-order chi connectivity index (χ0) is 28.5. The number of carbonyl (C=O) groups is 2. The quantitative estimate of drug-likeness (QED) is 0.335. The van der Waals surface area contributed by atoms with Crippen molar-refractivity contribution in [1.29, 1.82) is 0 Å². The number of nitrogens with zero attached hydrogens (tertiary/aromatic N) is 5. The molecule has 40 heavy (non-hydrogen) atoms. The summed E-state index contributed by atoms with van der Waals surface area (Å²) in [6.07, 6.45) is 1.21. The molecular weight excluding hydrogens is 516 g/mol. The van der Waals surface area contributed by atoms with Crippen LogP contribution in [0.3, 0.4) is 0 Å². The predicted octanol–water partition coefficient (Wildman–Crippen LogP) is 3.03. The molecule has 0 bridgehead atoms. The van der Waals surface area contributed by atoms with Gasteiger partial charge in [-0.1, -0.05) is 19.1 Å². The first-order valence-electron chi connectivity index (χ1n) is 13.5. The van der Waals surface area contributed by atoms with Gasteiger partial charge in [-0.05, 0) is 41.8 Å². The van der Waals surface area contributed by atoms with Crippen molar-refractivity contribution in [2.75, 3.05) is 59.6 Å². The number of ether oxygens (including phenoxy) is 2. The molecule has 0 radical (unpaired) electrons. The van der Waals surface area contributed by atoms with Gasteiger partial charge in [0, 0.05) is 51.3 Å². The van der Waals surface area contributed by atoms with Gasteiger partial charge in [-0.15, -0.1) is 0 Å². The summed E-state index contributed by atoms with van der Waals surface area (Å²) in [6, 6.07) is 12.9. The fourth-order valence-electron chi connectivity index (χ4n) is 4.69. The van der Waals surface area contributed by atoms with Crippen LogP contribution >= 0.6 is 0 Å². The standard InChI is InChI=1S/C28H36N6O6/c1-3-12-29-28(36)32(14-13-31-15-17-40-18-16-31)20-27(35)33-26(22-6-10-24(39-2)11-7-22)19-25(30-33)21-4-8-23(9-5-21)34(37)38/h4-11,26H,3,12-20H2,1-2H3,(H,29,36)/t26-/m0/s1. The highest BCUT2D eigenvalue weighted by molar-refractivity contribution is 6.03. The molecule has 0 spiro atoms. The maximum Gasteiger partial charge on any atom is 0.317 e. The van der Waals surface area contributed by atoms with Crippen LogP contribution in [0.25, 0.3) is 0 Å². The molecule has 2 aromatic carbocycles. The van der Waals surface area contributed by atoms with Gasteiger partial charge in [0.15, 0.2) is 0 Å². The van der Waals surface area contributed by atoms with Gasteiger partial charge in [-0.2, -0.15) is 5.10 Å². The lowest BCUT2D eigenvalue weighted by Gasteiger charge is -2.31. The van der Waals surface area contributed by atoms with E-state index in [2.05, 4.69) is 15.3 Å². The monoisotopic (exact) mass is 552 g/mol. The molecule has 2 aliphatic heterocycles. The average molecular weight is 553 g/mol. The molecule has 1 N–H and O–H groups in total. The summed E-state index contributed by atoms with van der Waals surface area (Å²) in [5, 5.41) is 20.1. The minimum Gasteiger partial charge on any atom is -0.497 e. The lowest BCUT2D eigenvalue weighted by molar-refractivity contribution is -0.384. The minimum absolute atomic E-state index is 0.0176. The highest BCUT2D eigenvalue weighted by Gasteiger charge is 2.34. The number of morpholine rings is 1. The first kappa shape index (κ1) is 29.0. The molecule has 1 atom stereocenters. The Labute approximate surface area is 233 Å². The van der Waals surface area contributed by atoms with Crippen LogP contribution in [0.5, 0.6) is 5.75 Å². The number of nitro groups is 1. The van der Waals surface area contributed by atoms with E-state index in [9.17, 15) is 19.7 Å². The molecule has 2 heterocycles. The van der Waals surface area contributed by atoms with E-state index in [1.54, 1.807) is 19.2 Å². The molecule has 0 aliphatic carbocycles. The Bertz CT molecular complexity index is 1200. The van der Waals surface area contributed by atoms with Gasteiger partial charge in [0.25, 0.3) is 11.6 Å². The Hall–Kier alpha value is -4.03. The van der Waals surface area contributed by atoms with Gasteiger partial charge in [0.05, 0.1) is 37.0 Å². The summed E-state index contributed by atoms with van der Waals surface area (Å²) >= 11 is 0. The third-order valence-electron chi connectivity index (χ3n) is 7.01. The van der Waals surface area contributed by atoms with E-state index in [1.807, 2.05) is 31.2 Å². The fraction of sp³-hybridized carbons (Fsp3) is 0.464. The molecular formula is C28H36N6O6. The minimum atomic E-state index is -0.453. The largest absolute Gasteiger partial charge is 0.497 e. The van der Waals surface area contributed by atoms with Crippen LogP contribution in [0.2, 0.25) is 0 Å². The molecule has 214 valence electrons. The first-order chi connectivity index (χ1) is 19.4. The molecule has 2 aromatic rings. The van der Waals surface area contributed by atoms with Crippen molar-refractivity contribution in [1.82, 2.24) is 20.1 Å². The van der Waals surface area contributed by atoms with Crippen molar-refractivity contribution in [3.8, 4) is 5.75 Å². The molecule has 0 saturated carbocycles. The third kappa shape index (κ3) is 7.33. The number of carbonyl (C=O) groups excluding carboxylic acids is 2. The number of nitrogens with one attached hydrogen (secondary N) is 1. The second-order valence-electron chi connectivity index (χ2n) is 9.69. The molecule has 1 fully saturated rings. The third-order valence-corrected chi connectivity index (χ3v) is 7.01. The Balaban J connectivity index is 1.56. The second kappa shape index (κ2) is 13.9. The van der Waals surface area contributed by atoms with E-state index in [-0.39, 0.29) is 24.2 Å². The number of non-ortho nitro benzene ring substituents is 1. The maximum atomic E-state index is 13.8. The Morgan fingerprint density at radius 2 is 1.85 bits per heavy atom. The highest BCUT2D eigenvalue weighted by Crippen LogP contribution is 2.34. The van der Waals surface area contributed by atoms with Crippen LogP contribution in [0.4, 0.5) is 10.5 Å². The molecule has 4 rings (SSSR count). The number of hydrogen-bond acceptors (Lipinski definition) is 8. The van der Waals surface area contributed by atoms with Crippen molar-refractivity contribution in [3.63, 3.8) is 0 Å². The maximum absolute atomic E-state index is 13.8. The van der Waals surface area contributed by atoms with E-state index in [0.29, 0.717) is 56.3 Å². The number of benzene rings is 2. The summed E-state index contributed by atoms with van der Waals surface area (Å²) in [6.45, 7) is 6.25. The van der Waals surface area contributed by atoms with Gasteiger partial charge in [-0.3, -0.25) is 19.8 Å². The number of amides is 3. The number of hydrogen-bond donors (Lipinski definition) is 1. The summed E-state index contributed by atoms with van der Waals surface area (Å²) in [7, 11) is 1.59. The Morgan fingerprint density at radius 1 is 1.15 bits per heavy atom. The molecule has 3 amide bonds. The topological polar surface area (TPSA) is 130 Å². The van der Waals surface area contributed by atoms with Crippen molar-refractivity contribution in [2.45, 2.75) is 25.8 Å². The van der Waals surface area contributed by atoms with E-state index < -0.39 is 11.0 Å². The number of hydrazone groups is 1. The van der Waals surface area contributed by atoms with E-state index in [1.165, 1.54) is 22.0 Å². The van der Waals surface area contributed by atoms with Crippen LogP contribution in [0.15, 0.2) is 53.6 Å². The highest BCUT2D eigenvalue weighted by atomic mass is 16.6. The number of rotatable bonds is 11. The lowest BCUT2D eigenvalue weighted by Crippen LogP contribution is -2.49. The zero-order valence-corrected chi connectivity index (χ0v) is 23.0. The Morgan fingerprint density at radius 3 is 2.48 bits per heavy atom. The van der Waals surface area contributed by atoms with Gasteiger partial charge >= 0.3 is 6.03 Å². The molecule has 12 heteroatoms. The summed E-state index contributed by atoms with van der Waals surface area (Å²) in [5.41, 5.74) is 2.18. The lowest BCUT2D eigenvalue weighted by atomic mass is 9.98. The molecule has 1 saturated heterocycles. The van der Waals surface area contributed by atoms with E-state index in [0.717, 1.165) is 25.1 Å². The van der Waals surface area contributed by atoms with Gasteiger partial charge in [0.2, 0.25) is 0 Å². The van der Waals surface area contributed by atoms with Crippen LogP contribution in [-0.4, -0.2) is 97.0 Å². The zero-order valence-electron chi connectivity index (χ0n) is 23.0. The number of nitro benzene ring substituents is 1. The summed E-state index contributed by atoms with van der Waals surface area (Å²) in [4.78, 5) is 41.2. The molecule has 2 aliphatic rings. The number of urea groups is 1.